The van der Waals surface area contributed by atoms with E-state index in [-0.39, 0.29) is 5.56 Å². The molecule has 16 heavy (non-hydrogen) atoms. The molecule has 0 aliphatic carbocycles. The first-order valence-corrected chi connectivity index (χ1v) is 4.59. The number of hydrogen-bond donors (Lipinski definition) is 1. The molecule has 78 valence electrons. The molecule has 1 aromatic carbocycles. The normalized spacial score (nSPS) is 14.0. The second-order valence-electron chi connectivity index (χ2n) is 3.44. The van der Waals surface area contributed by atoms with Gasteiger partial charge in [-0.3, -0.25) is 9.59 Å². The van der Waals surface area contributed by atoms with Gasteiger partial charge >= 0.3 is 5.63 Å². The quantitative estimate of drug-likeness (QED) is 0.523. The molecular weight excluding hydrogens is 210 g/mol. The first-order chi connectivity index (χ1) is 7.66. The first kappa shape index (κ1) is 8.84. The standard InChI is InChI=1S/C11H5NO4/c13-8-4-1-5-7(16-8)3-2-6-9(5)10(14)11(15)12-6/h1-4H,(H,12,14,15). The van der Waals surface area contributed by atoms with E-state index in [2.05, 4.69) is 5.32 Å². The highest BCUT2D eigenvalue weighted by Gasteiger charge is 2.30. The molecule has 0 fully saturated rings. The molecule has 2 heterocycles. The van der Waals surface area contributed by atoms with Crippen molar-refractivity contribution in [1.29, 1.82) is 0 Å². The van der Waals surface area contributed by atoms with Gasteiger partial charge in [0.2, 0.25) is 0 Å². The number of amides is 1. The van der Waals surface area contributed by atoms with Crippen LogP contribution in [-0.4, -0.2) is 11.7 Å². The van der Waals surface area contributed by atoms with Crippen LogP contribution >= 0.6 is 0 Å². The largest absolute Gasteiger partial charge is 0.423 e. The minimum absolute atomic E-state index is 0.270. The molecule has 0 unspecified atom stereocenters. The van der Waals surface area contributed by atoms with Gasteiger partial charge in [-0.1, -0.05) is 0 Å². The van der Waals surface area contributed by atoms with Gasteiger partial charge in [-0.05, 0) is 18.2 Å². The van der Waals surface area contributed by atoms with Crippen molar-refractivity contribution in [3.8, 4) is 0 Å². The van der Waals surface area contributed by atoms with Crippen LogP contribution in [0, 0.1) is 0 Å². The molecule has 1 amide bonds. The predicted molar refractivity (Wildman–Crippen MR) is 55.4 cm³/mol. The lowest BCUT2D eigenvalue weighted by Crippen LogP contribution is -2.12. The van der Waals surface area contributed by atoms with Crippen molar-refractivity contribution in [3.05, 3.63) is 40.2 Å². The van der Waals surface area contributed by atoms with Crippen molar-refractivity contribution < 1.29 is 14.0 Å². The van der Waals surface area contributed by atoms with Gasteiger partial charge in [-0.2, -0.15) is 0 Å². The fourth-order valence-electron chi connectivity index (χ4n) is 1.79. The lowest BCUT2D eigenvalue weighted by Gasteiger charge is -2.00. The van der Waals surface area contributed by atoms with Crippen LogP contribution in [0.3, 0.4) is 0 Å². The van der Waals surface area contributed by atoms with E-state index < -0.39 is 17.3 Å². The van der Waals surface area contributed by atoms with E-state index in [4.69, 9.17) is 4.42 Å². The highest BCUT2D eigenvalue weighted by atomic mass is 16.4. The molecule has 0 saturated heterocycles. The maximum atomic E-state index is 11.6. The van der Waals surface area contributed by atoms with Crippen LogP contribution in [0.5, 0.6) is 0 Å². The number of Topliss-reactive ketones (excluding diaryl/α,β-unsaturated/α-hetero) is 1. The fraction of sp³-hybridized carbons (Fsp3) is 0. The molecule has 1 N–H and O–H groups in total. The van der Waals surface area contributed by atoms with Crippen molar-refractivity contribution in [2.45, 2.75) is 0 Å². The molecule has 3 rings (SSSR count). The van der Waals surface area contributed by atoms with Crippen LogP contribution in [0.2, 0.25) is 0 Å². The smallest absolute Gasteiger partial charge is 0.336 e. The molecule has 0 spiro atoms. The molecule has 1 aliphatic rings. The van der Waals surface area contributed by atoms with Crippen molar-refractivity contribution in [2.24, 2.45) is 0 Å². The van der Waals surface area contributed by atoms with E-state index in [1.807, 2.05) is 0 Å². The average molecular weight is 215 g/mol. The van der Waals surface area contributed by atoms with Crippen molar-refractivity contribution >= 4 is 28.3 Å². The third kappa shape index (κ3) is 1.02. The Hall–Kier alpha value is -2.43. The summed E-state index contributed by atoms with van der Waals surface area (Å²) >= 11 is 0. The predicted octanol–water partition coefficient (Wildman–Crippen LogP) is 0.928. The van der Waals surface area contributed by atoms with Gasteiger partial charge in [0.05, 0.1) is 11.3 Å². The zero-order chi connectivity index (χ0) is 11.3. The Morgan fingerprint density at radius 3 is 2.62 bits per heavy atom. The van der Waals surface area contributed by atoms with E-state index >= 15 is 0 Å². The van der Waals surface area contributed by atoms with Gasteiger partial charge < -0.3 is 9.73 Å². The molecule has 0 atom stereocenters. The Kier molecular flexibility index (Phi) is 1.54. The molecule has 1 aromatic heterocycles. The number of hydrogen-bond acceptors (Lipinski definition) is 4. The van der Waals surface area contributed by atoms with Gasteiger partial charge in [-0.25, -0.2) is 4.79 Å². The molecule has 0 saturated carbocycles. The summed E-state index contributed by atoms with van der Waals surface area (Å²) in [4.78, 5) is 33.7. The number of carbonyl (C=O) groups is 2. The Morgan fingerprint density at radius 1 is 1.00 bits per heavy atom. The second-order valence-corrected chi connectivity index (χ2v) is 3.44. The molecule has 5 nitrogen and oxygen atoms in total. The van der Waals surface area contributed by atoms with E-state index in [1.165, 1.54) is 12.1 Å². The average Bonchev–Trinajstić information content (AvgIpc) is 2.55. The van der Waals surface area contributed by atoms with E-state index in [9.17, 15) is 14.4 Å². The van der Waals surface area contributed by atoms with Crippen LogP contribution in [0.4, 0.5) is 5.69 Å². The van der Waals surface area contributed by atoms with E-state index in [1.54, 1.807) is 12.1 Å². The molecule has 1 aliphatic heterocycles. The minimum atomic E-state index is -0.659. The zero-order valence-electron chi connectivity index (χ0n) is 7.94. The number of rotatable bonds is 0. The van der Waals surface area contributed by atoms with Gasteiger partial charge in [0.1, 0.15) is 5.58 Å². The van der Waals surface area contributed by atoms with Crippen molar-refractivity contribution in [2.75, 3.05) is 5.32 Å². The van der Waals surface area contributed by atoms with Gasteiger partial charge in [0.15, 0.2) is 0 Å². The van der Waals surface area contributed by atoms with E-state index in [0.717, 1.165) is 0 Å². The lowest BCUT2D eigenvalue weighted by molar-refractivity contribution is -0.112. The Labute approximate surface area is 88.7 Å². The number of nitrogens with one attached hydrogen (secondary N) is 1. The van der Waals surface area contributed by atoms with Crippen LogP contribution in [0.25, 0.3) is 11.0 Å². The fourth-order valence-corrected chi connectivity index (χ4v) is 1.79. The maximum Gasteiger partial charge on any atom is 0.336 e. The van der Waals surface area contributed by atoms with Crippen LogP contribution in [0.15, 0.2) is 33.5 Å². The lowest BCUT2D eigenvalue weighted by atomic mass is 10.1. The summed E-state index contributed by atoms with van der Waals surface area (Å²) in [5, 5.41) is 2.92. The topological polar surface area (TPSA) is 76.4 Å². The Bertz CT molecular complexity index is 699. The first-order valence-electron chi connectivity index (χ1n) is 4.59. The van der Waals surface area contributed by atoms with Crippen LogP contribution in [0.1, 0.15) is 10.4 Å². The Balaban J connectivity index is 2.46. The summed E-state index contributed by atoms with van der Waals surface area (Å²) in [5.74, 6) is -1.26. The third-order valence-corrected chi connectivity index (χ3v) is 2.48. The number of carbonyl (C=O) groups excluding carboxylic acids is 2. The maximum absolute atomic E-state index is 11.6. The summed E-state index contributed by atoms with van der Waals surface area (Å²) in [6.45, 7) is 0. The van der Waals surface area contributed by atoms with Crippen LogP contribution in [-0.2, 0) is 4.79 Å². The summed E-state index contributed by atoms with van der Waals surface area (Å²) in [6.07, 6.45) is 0. The number of benzene rings is 1. The van der Waals surface area contributed by atoms with E-state index in [0.29, 0.717) is 16.7 Å². The van der Waals surface area contributed by atoms with Gasteiger partial charge in [0, 0.05) is 11.5 Å². The molecular formula is C11H5NO4. The molecule has 0 radical (unpaired) electrons. The highest BCUT2D eigenvalue weighted by molar-refractivity contribution is 6.53. The van der Waals surface area contributed by atoms with Crippen molar-refractivity contribution in [3.63, 3.8) is 0 Å². The Morgan fingerprint density at radius 2 is 1.81 bits per heavy atom. The number of ketones is 1. The summed E-state index contributed by atoms with van der Waals surface area (Å²) in [5.41, 5.74) is 0.538. The zero-order valence-corrected chi connectivity index (χ0v) is 7.94. The highest BCUT2D eigenvalue weighted by Crippen LogP contribution is 2.29. The monoisotopic (exact) mass is 215 g/mol. The molecule has 2 aromatic rings. The van der Waals surface area contributed by atoms with Gasteiger partial charge in [0.25, 0.3) is 11.7 Å². The summed E-state index contributed by atoms with van der Waals surface area (Å²) in [7, 11) is 0. The number of fused-ring (bicyclic) bond motifs is 3. The molecule has 5 heteroatoms. The number of anilines is 1. The summed E-state index contributed by atoms with van der Waals surface area (Å²) < 4.78 is 4.92. The van der Waals surface area contributed by atoms with Gasteiger partial charge in [-0.15, -0.1) is 0 Å². The minimum Gasteiger partial charge on any atom is -0.423 e. The molecule has 0 bridgehead atoms. The SMILES string of the molecule is O=C1Nc2ccc3oc(=O)ccc3c2C1=O. The summed E-state index contributed by atoms with van der Waals surface area (Å²) in [6, 6.07) is 5.80. The van der Waals surface area contributed by atoms with Crippen LogP contribution < -0.4 is 10.9 Å². The third-order valence-electron chi connectivity index (χ3n) is 2.48. The van der Waals surface area contributed by atoms with Crippen molar-refractivity contribution in [1.82, 2.24) is 0 Å². The second kappa shape index (κ2) is 2.79.